The maximum atomic E-state index is 2.12. The summed E-state index contributed by atoms with van der Waals surface area (Å²) in [5, 5.41) is 0. The largest absolute Gasteiger partial charge is 0.0776 e. The second-order valence-corrected chi connectivity index (χ2v) is 4.88. The van der Waals surface area contributed by atoms with Gasteiger partial charge in [-0.1, -0.05) is 200 Å². The van der Waals surface area contributed by atoms with E-state index >= 15 is 0 Å². The van der Waals surface area contributed by atoms with Crippen LogP contribution in [0.3, 0.4) is 0 Å². The zero-order valence-corrected chi connectivity index (χ0v) is 19.8. The number of rotatable bonds is 0. The van der Waals surface area contributed by atoms with Gasteiger partial charge in [-0.15, -0.1) is 0 Å². The fourth-order valence-corrected chi connectivity index (χ4v) is 1.15. The van der Waals surface area contributed by atoms with Gasteiger partial charge < -0.3 is 0 Å². The van der Waals surface area contributed by atoms with Crippen LogP contribution >= 0.6 is 0 Å². The molecule has 0 spiro atoms. The first-order valence-electron chi connectivity index (χ1n) is 10.8. The number of hydrogen-bond acceptors (Lipinski definition) is 0. The van der Waals surface area contributed by atoms with Crippen molar-refractivity contribution in [3.8, 4) is 0 Å². The SMILES string of the molecule is C.C.C.CC.CC.CCC.CCC.c1ccccc1.c1ccccc1.c1ccccc1. The Morgan fingerprint density at radius 3 is 0.323 bits per heavy atom. The molecule has 0 unspecified atom stereocenters. The number of benzene rings is 3. The van der Waals surface area contributed by atoms with Crippen LogP contribution in [0.5, 0.6) is 0 Å². The van der Waals surface area contributed by atoms with Crippen molar-refractivity contribution < 1.29 is 0 Å². The van der Waals surface area contributed by atoms with E-state index in [2.05, 4.69) is 27.7 Å². The summed E-state index contributed by atoms with van der Waals surface area (Å²) >= 11 is 0. The summed E-state index contributed by atoms with van der Waals surface area (Å²) in [6, 6.07) is 36.0. The molecule has 0 aliphatic heterocycles. The second-order valence-electron chi connectivity index (χ2n) is 4.88. The summed E-state index contributed by atoms with van der Waals surface area (Å²) in [7, 11) is 0. The highest BCUT2D eigenvalue weighted by atomic mass is 13.7. The minimum absolute atomic E-state index is 0. The standard InChI is InChI=1S/3C6H6.2C3H8.2C2H6.3CH4/c3*1-2-4-6-5-3-1;2*1-3-2;2*1-2;;;/h3*1-6H;2*3H2,1-2H3;2*1-2H3;3*1H4. The van der Waals surface area contributed by atoms with Gasteiger partial charge in [0.25, 0.3) is 0 Å². The highest BCUT2D eigenvalue weighted by Crippen LogP contribution is 1.81. The zero-order valence-electron chi connectivity index (χ0n) is 19.8. The Morgan fingerprint density at radius 1 is 0.258 bits per heavy atom. The number of hydrogen-bond donors (Lipinski definition) is 0. The van der Waals surface area contributed by atoms with Crippen LogP contribution in [0.1, 0.15) is 90.5 Å². The fourth-order valence-electron chi connectivity index (χ4n) is 1.15. The molecule has 3 aromatic carbocycles. The van der Waals surface area contributed by atoms with Crippen LogP contribution in [0.25, 0.3) is 0 Å². The molecule has 0 atom stereocenters. The second kappa shape index (κ2) is 63.0. The van der Waals surface area contributed by atoms with E-state index in [0.717, 1.165) is 0 Å². The predicted molar refractivity (Wildman–Crippen MR) is 154 cm³/mol. The molecule has 0 bridgehead atoms. The molecule has 0 heteroatoms. The van der Waals surface area contributed by atoms with E-state index in [1.807, 2.05) is 137 Å². The maximum absolute atomic E-state index is 2.12. The van der Waals surface area contributed by atoms with E-state index in [1.165, 1.54) is 12.8 Å². The van der Waals surface area contributed by atoms with Crippen molar-refractivity contribution in [1.29, 1.82) is 0 Å². The lowest BCUT2D eigenvalue weighted by molar-refractivity contribution is 1.09. The molecule has 0 heterocycles. The molecular formula is C31H58. The van der Waals surface area contributed by atoms with Gasteiger partial charge in [0.05, 0.1) is 0 Å². The molecule has 182 valence electrons. The van der Waals surface area contributed by atoms with Crippen molar-refractivity contribution in [2.75, 3.05) is 0 Å². The molecule has 0 nitrogen and oxygen atoms in total. The minimum Gasteiger partial charge on any atom is -0.0776 e. The van der Waals surface area contributed by atoms with Gasteiger partial charge in [0, 0.05) is 0 Å². The van der Waals surface area contributed by atoms with E-state index in [-0.39, 0.29) is 22.3 Å². The van der Waals surface area contributed by atoms with Crippen LogP contribution in [0.4, 0.5) is 0 Å². The highest BCUT2D eigenvalue weighted by Gasteiger charge is 1.59. The third kappa shape index (κ3) is 74.3. The van der Waals surface area contributed by atoms with Crippen molar-refractivity contribution in [1.82, 2.24) is 0 Å². The summed E-state index contributed by atoms with van der Waals surface area (Å²) in [5.74, 6) is 0. The summed E-state index contributed by atoms with van der Waals surface area (Å²) in [5.41, 5.74) is 0. The average molecular weight is 431 g/mol. The fraction of sp³-hybridized carbons (Fsp3) is 0.419. The quantitative estimate of drug-likeness (QED) is 0.332. The lowest BCUT2D eigenvalue weighted by Crippen LogP contribution is -1.47. The summed E-state index contributed by atoms with van der Waals surface area (Å²) in [6.07, 6.45) is 2.50. The van der Waals surface area contributed by atoms with E-state index in [9.17, 15) is 0 Å². The van der Waals surface area contributed by atoms with Crippen molar-refractivity contribution in [2.45, 2.75) is 90.5 Å². The van der Waals surface area contributed by atoms with E-state index in [1.54, 1.807) is 0 Å². The molecule has 3 aromatic rings. The van der Waals surface area contributed by atoms with Gasteiger partial charge in [0.15, 0.2) is 0 Å². The topological polar surface area (TPSA) is 0 Å². The van der Waals surface area contributed by atoms with Crippen LogP contribution < -0.4 is 0 Å². The maximum Gasteiger partial charge on any atom is -0.0590 e. The molecule has 0 aromatic heterocycles. The van der Waals surface area contributed by atoms with Crippen LogP contribution in [-0.2, 0) is 0 Å². The molecule has 3 rings (SSSR count). The monoisotopic (exact) mass is 430 g/mol. The van der Waals surface area contributed by atoms with E-state index < -0.39 is 0 Å². The molecule has 0 aliphatic carbocycles. The van der Waals surface area contributed by atoms with Crippen LogP contribution in [0.2, 0.25) is 0 Å². The molecule has 0 fully saturated rings. The normalized spacial score (nSPS) is 6.19. The zero-order chi connectivity index (χ0) is 22.1. The molecule has 0 aliphatic rings. The van der Waals surface area contributed by atoms with Gasteiger partial charge in [-0.3, -0.25) is 0 Å². The first-order valence-corrected chi connectivity index (χ1v) is 10.8. The molecule has 0 radical (unpaired) electrons. The van der Waals surface area contributed by atoms with Crippen molar-refractivity contribution in [3.05, 3.63) is 109 Å². The minimum atomic E-state index is 0. The van der Waals surface area contributed by atoms with Gasteiger partial charge in [0.1, 0.15) is 0 Å². The van der Waals surface area contributed by atoms with Gasteiger partial charge in [0.2, 0.25) is 0 Å². The van der Waals surface area contributed by atoms with Gasteiger partial charge in [-0.25, -0.2) is 0 Å². The molecule has 0 saturated carbocycles. The highest BCUT2D eigenvalue weighted by molar-refractivity contribution is 5.00. The van der Waals surface area contributed by atoms with Gasteiger partial charge in [-0.2, -0.15) is 0 Å². The van der Waals surface area contributed by atoms with E-state index in [0.29, 0.717) is 0 Å². The van der Waals surface area contributed by atoms with Crippen LogP contribution in [0, 0.1) is 0 Å². The molecule has 31 heavy (non-hydrogen) atoms. The molecule has 0 saturated heterocycles. The Bertz CT molecular complexity index is 317. The lowest BCUT2D eigenvalue weighted by Gasteiger charge is -1.69. The summed E-state index contributed by atoms with van der Waals surface area (Å²) in [4.78, 5) is 0. The van der Waals surface area contributed by atoms with Crippen LogP contribution in [-0.4, -0.2) is 0 Å². The smallest absolute Gasteiger partial charge is 0.0590 e. The molecule has 0 amide bonds. The predicted octanol–water partition coefficient (Wildman–Crippen LogP) is 11.9. The van der Waals surface area contributed by atoms with Gasteiger partial charge in [-0.05, 0) is 0 Å². The third-order valence-corrected chi connectivity index (χ3v) is 2.00. The Hall–Kier alpha value is -2.34. The molecular weight excluding hydrogens is 372 g/mol. The lowest BCUT2D eigenvalue weighted by atomic mass is 10.4. The summed E-state index contributed by atoms with van der Waals surface area (Å²) < 4.78 is 0. The van der Waals surface area contributed by atoms with Crippen molar-refractivity contribution in [3.63, 3.8) is 0 Å². The van der Waals surface area contributed by atoms with Crippen molar-refractivity contribution >= 4 is 0 Å². The van der Waals surface area contributed by atoms with Gasteiger partial charge >= 0.3 is 0 Å². The third-order valence-electron chi connectivity index (χ3n) is 2.00. The summed E-state index contributed by atoms with van der Waals surface area (Å²) in [6.45, 7) is 16.5. The first-order chi connectivity index (χ1) is 13.8. The van der Waals surface area contributed by atoms with Crippen LogP contribution in [0.15, 0.2) is 109 Å². The Labute approximate surface area is 199 Å². The Balaban J connectivity index is -0.0000000447. The Morgan fingerprint density at radius 2 is 0.290 bits per heavy atom. The molecule has 0 N–H and O–H groups in total. The first kappa shape index (κ1) is 46.7. The Kier molecular flexibility index (Phi) is 95.0. The van der Waals surface area contributed by atoms with E-state index in [4.69, 9.17) is 0 Å². The van der Waals surface area contributed by atoms with Crippen molar-refractivity contribution in [2.24, 2.45) is 0 Å². The average Bonchev–Trinajstić information content (AvgIpc) is 2.82.